The quantitative estimate of drug-likeness (QED) is 0.385. The van der Waals surface area contributed by atoms with Crippen molar-refractivity contribution in [1.29, 1.82) is 0 Å². The van der Waals surface area contributed by atoms with Gasteiger partial charge in [0, 0.05) is 22.1 Å². The number of nitrogens with one attached hydrogen (secondary N) is 2. The minimum absolute atomic E-state index is 0.0554. The zero-order valence-corrected chi connectivity index (χ0v) is 20.0. The van der Waals surface area contributed by atoms with Crippen molar-refractivity contribution in [3.8, 4) is 11.1 Å². The number of hydrogen-bond acceptors (Lipinski definition) is 4. The Morgan fingerprint density at radius 1 is 1.00 bits per heavy atom. The van der Waals surface area contributed by atoms with Gasteiger partial charge in [0.25, 0.3) is 5.91 Å². The summed E-state index contributed by atoms with van der Waals surface area (Å²) in [7, 11) is 0. The predicted octanol–water partition coefficient (Wildman–Crippen LogP) is 5.40. The number of benzene rings is 3. The number of amides is 2. The SMILES string of the molecule is C[C@H](CC(=O)O)NC(=O)c1cc(NC(=O)OCC2c3ccccc3-c3ccccc32)ccc1Br. The van der Waals surface area contributed by atoms with Crippen molar-refractivity contribution in [3.63, 3.8) is 0 Å². The molecule has 0 radical (unpaired) electrons. The number of rotatable bonds is 7. The van der Waals surface area contributed by atoms with E-state index in [1.54, 1.807) is 19.1 Å². The van der Waals surface area contributed by atoms with Crippen molar-refractivity contribution in [3.05, 3.63) is 87.9 Å². The van der Waals surface area contributed by atoms with Gasteiger partial charge in [-0.3, -0.25) is 14.9 Å². The van der Waals surface area contributed by atoms with Gasteiger partial charge in [0.2, 0.25) is 0 Å². The van der Waals surface area contributed by atoms with E-state index in [-0.39, 0.29) is 24.5 Å². The van der Waals surface area contributed by atoms with Gasteiger partial charge < -0.3 is 15.2 Å². The van der Waals surface area contributed by atoms with E-state index in [0.717, 1.165) is 22.3 Å². The molecule has 1 aliphatic carbocycles. The van der Waals surface area contributed by atoms with Crippen LogP contribution in [0.15, 0.2) is 71.2 Å². The number of carboxylic acid groups (broad SMARTS) is 1. The van der Waals surface area contributed by atoms with Crippen LogP contribution >= 0.6 is 15.9 Å². The molecule has 8 heteroatoms. The van der Waals surface area contributed by atoms with Crippen molar-refractivity contribution in [2.45, 2.75) is 25.3 Å². The second kappa shape index (κ2) is 10.1. The normalized spacial score (nSPS) is 12.9. The molecule has 0 unspecified atom stereocenters. The molecule has 0 fully saturated rings. The molecule has 7 nitrogen and oxygen atoms in total. The summed E-state index contributed by atoms with van der Waals surface area (Å²) in [4.78, 5) is 35.9. The monoisotopic (exact) mass is 522 g/mol. The molecule has 3 aromatic rings. The summed E-state index contributed by atoms with van der Waals surface area (Å²) in [5.74, 6) is -1.51. The molecule has 3 aromatic carbocycles. The van der Waals surface area contributed by atoms with Crippen LogP contribution in [0.3, 0.4) is 0 Å². The smallest absolute Gasteiger partial charge is 0.411 e. The molecular weight excluding hydrogens is 500 g/mol. The molecule has 2 amide bonds. The molecule has 0 bridgehead atoms. The Balaban J connectivity index is 1.42. The number of aliphatic carboxylic acids is 1. The van der Waals surface area contributed by atoms with Gasteiger partial charge in [0.05, 0.1) is 12.0 Å². The molecule has 0 spiro atoms. The molecule has 0 heterocycles. The molecule has 1 aliphatic rings. The largest absolute Gasteiger partial charge is 0.481 e. The molecule has 0 saturated carbocycles. The van der Waals surface area contributed by atoms with Gasteiger partial charge in [0.1, 0.15) is 6.61 Å². The summed E-state index contributed by atoms with van der Waals surface area (Å²) in [5, 5.41) is 14.2. The second-order valence-corrected chi connectivity index (χ2v) is 8.97. The maximum Gasteiger partial charge on any atom is 0.411 e. The van der Waals surface area contributed by atoms with Crippen LogP contribution in [-0.4, -0.2) is 35.7 Å². The van der Waals surface area contributed by atoms with Crippen molar-refractivity contribution < 1.29 is 24.2 Å². The van der Waals surface area contributed by atoms with Gasteiger partial charge in [-0.2, -0.15) is 0 Å². The molecule has 0 aromatic heterocycles. The number of ether oxygens (including phenoxy) is 1. The highest BCUT2D eigenvalue weighted by atomic mass is 79.9. The average Bonchev–Trinajstić information content (AvgIpc) is 3.12. The van der Waals surface area contributed by atoms with Crippen molar-refractivity contribution in [1.82, 2.24) is 5.32 Å². The molecule has 0 saturated heterocycles. The molecular formula is C26H23BrN2O5. The van der Waals surface area contributed by atoms with Crippen LogP contribution in [0.4, 0.5) is 10.5 Å². The minimum Gasteiger partial charge on any atom is -0.481 e. The highest BCUT2D eigenvalue weighted by Gasteiger charge is 2.29. The fourth-order valence-corrected chi connectivity index (χ4v) is 4.57. The Labute approximate surface area is 205 Å². The lowest BCUT2D eigenvalue weighted by Gasteiger charge is -2.15. The van der Waals surface area contributed by atoms with E-state index in [4.69, 9.17) is 9.84 Å². The number of fused-ring (bicyclic) bond motifs is 3. The standard InChI is InChI=1S/C26H23BrN2O5/c1-15(12-24(30)31)28-25(32)21-13-16(10-11-23(21)27)29-26(33)34-14-22-19-8-4-2-6-17(19)18-7-3-5-9-20(18)22/h2-11,13,15,22H,12,14H2,1H3,(H,28,32)(H,29,33)(H,30,31)/t15-/m1/s1. The maximum absolute atomic E-state index is 12.6. The molecule has 0 aliphatic heterocycles. The summed E-state index contributed by atoms with van der Waals surface area (Å²) in [5.41, 5.74) is 5.19. The number of carbonyl (C=O) groups excluding carboxylic acids is 2. The van der Waals surface area contributed by atoms with E-state index >= 15 is 0 Å². The third-order valence-corrected chi connectivity index (χ3v) is 6.35. The first-order chi connectivity index (χ1) is 16.3. The fraction of sp³-hybridized carbons (Fsp3) is 0.192. The first-order valence-corrected chi connectivity index (χ1v) is 11.6. The number of halogens is 1. The molecule has 3 N–H and O–H groups in total. The van der Waals surface area contributed by atoms with Crippen molar-refractivity contribution >= 4 is 39.6 Å². The Bertz CT molecular complexity index is 1210. The molecule has 174 valence electrons. The lowest BCUT2D eigenvalue weighted by molar-refractivity contribution is -0.137. The van der Waals surface area contributed by atoms with Gasteiger partial charge in [-0.05, 0) is 63.3 Å². The maximum atomic E-state index is 12.6. The van der Waals surface area contributed by atoms with Crippen LogP contribution in [0, 0.1) is 0 Å². The molecule has 4 rings (SSSR count). The number of carboxylic acids is 1. The summed E-state index contributed by atoms with van der Waals surface area (Å²) < 4.78 is 6.07. The van der Waals surface area contributed by atoms with Crippen molar-refractivity contribution in [2.75, 3.05) is 11.9 Å². The first kappa shape index (κ1) is 23.5. The highest BCUT2D eigenvalue weighted by molar-refractivity contribution is 9.10. The second-order valence-electron chi connectivity index (χ2n) is 8.12. The van der Waals surface area contributed by atoms with Gasteiger partial charge in [0.15, 0.2) is 0 Å². The topological polar surface area (TPSA) is 105 Å². The van der Waals surface area contributed by atoms with Crippen LogP contribution in [-0.2, 0) is 9.53 Å². The van der Waals surface area contributed by atoms with E-state index in [1.807, 2.05) is 36.4 Å². The lowest BCUT2D eigenvalue weighted by Crippen LogP contribution is -2.34. The van der Waals surface area contributed by atoms with Crippen LogP contribution < -0.4 is 10.6 Å². The third-order valence-electron chi connectivity index (χ3n) is 5.66. The van der Waals surface area contributed by atoms with E-state index < -0.39 is 24.0 Å². The Morgan fingerprint density at radius 2 is 1.62 bits per heavy atom. The van der Waals surface area contributed by atoms with E-state index in [0.29, 0.717) is 10.2 Å². The Kier molecular flexibility index (Phi) is 6.98. The van der Waals surface area contributed by atoms with E-state index in [1.165, 1.54) is 6.07 Å². The summed E-state index contributed by atoms with van der Waals surface area (Å²) in [6, 6.07) is 20.4. The van der Waals surface area contributed by atoms with Gasteiger partial charge in [-0.15, -0.1) is 0 Å². The predicted molar refractivity (Wildman–Crippen MR) is 132 cm³/mol. The lowest BCUT2D eigenvalue weighted by atomic mass is 9.98. The fourth-order valence-electron chi connectivity index (χ4n) is 4.14. The summed E-state index contributed by atoms with van der Waals surface area (Å²) >= 11 is 3.32. The first-order valence-electron chi connectivity index (χ1n) is 10.8. The van der Waals surface area contributed by atoms with Gasteiger partial charge in [-0.1, -0.05) is 48.5 Å². The highest BCUT2D eigenvalue weighted by Crippen LogP contribution is 2.44. The summed E-state index contributed by atoms with van der Waals surface area (Å²) in [6.07, 6.45) is -0.823. The summed E-state index contributed by atoms with van der Waals surface area (Å²) in [6.45, 7) is 1.79. The number of anilines is 1. The average molecular weight is 523 g/mol. The van der Waals surface area contributed by atoms with Gasteiger partial charge >= 0.3 is 12.1 Å². The van der Waals surface area contributed by atoms with Crippen LogP contribution in [0.2, 0.25) is 0 Å². The van der Waals surface area contributed by atoms with E-state index in [2.05, 4.69) is 38.7 Å². The van der Waals surface area contributed by atoms with Crippen LogP contribution in [0.1, 0.15) is 40.7 Å². The van der Waals surface area contributed by atoms with Crippen molar-refractivity contribution in [2.24, 2.45) is 0 Å². The zero-order chi connectivity index (χ0) is 24.2. The third kappa shape index (κ3) is 5.12. The Hall–Kier alpha value is -3.65. The van der Waals surface area contributed by atoms with Gasteiger partial charge in [-0.25, -0.2) is 4.79 Å². The number of carbonyl (C=O) groups is 3. The molecule has 1 atom stereocenters. The minimum atomic E-state index is -1.00. The van der Waals surface area contributed by atoms with Crippen LogP contribution in [0.25, 0.3) is 11.1 Å². The Morgan fingerprint density at radius 3 is 2.24 bits per heavy atom. The van der Waals surface area contributed by atoms with Crippen LogP contribution in [0.5, 0.6) is 0 Å². The van der Waals surface area contributed by atoms with E-state index in [9.17, 15) is 14.4 Å². The number of hydrogen-bond donors (Lipinski definition) is 3. The molecule has 34 heavy (non-hydrogen) atoms. The zero-order valence-electron chi connectivity index (χ0n) is 18.4.